The van der Waals surface area contributed by atoms with Gasteiger partial charge >= 0.3 is 0 Å². The first-order chi connectivity index (χ1) is 10.7. The Hall–Kier alpha value is -0.820. The molecule has 1 atom stereocenters. The van der Waals surface area contributed by atoms with Gasteiger partial charge in [-0.2, -0.15) is 0 Å². The fraction of sp³-hybridized carbons (Fsp3) is 0.611. The Labute approximate surface area is 157 Å². The largest absolute Gasteiger partial charge is 0.355 e. The van der Waals surface area contributed by atoms with Crippen LogP contribution in [0.3, 0.4) is 0 Å². The molecular weight excluding hydrogens is 399 g/mol. The molecule has 0 bridgehead atoms. The first-order valence-electron chi connectivity index (χ1n) is 8.38. The molecule has 1 unspecified atom stereocenters. The van der Waals surface area contributed by atoms with Gasteiger partial charge in [0.05, 0.1) is 0 Å². The Morgan fingerprint density at radius 1 is 1.30 bits per heavy atom. The highest BCUT2D eigenvalue weighted by molar-refractivity contribution is 14.0. The maximum atomic E-state index is 4.51. The van der Waals surface area contributed by atoms with E-state index in [9.17, 15) is 0 Å². The van der Waals surface area contributed by atoms with Gasteiger partial charge in [0.25, 0.3) is 0 Å². The summed E-state index contributed by atoms with van der Waals surface area (Å²) in [5.41, 5.74) is 2.92. The Morgan fingerprint density at radius 2 is 2.00 bits per heavy atom. The van der Waals surface area contributed by atoms with Gasteiger partial charge in [0.1, 0.15) is 0 Å². The number of nitrogens with zero attached hydrogens (tertiary/aromatic N) is 3. The van der Waals surface area contributed by atoms with Gasteiger partial charge in [-0.05, 0) is 50.4 Å². The van der Waals surface area contributed by atoms with E-state index in [1.54, 1.807) is 0 Å². The quantitative estimate of drug-likeness (QED) is 0.455. The fourth-order valence-electron chi connectivity index (χ4n) is 3.46. The van der Waals surface area contributed by atoms with Crippen molar-refractivity contribution in [2.75, 3.05) is 34.2 Å². The number of likely N-dealkylation sites (N-methyl/N-ethyl adjacent to an activating group) is 1. The summed E-state index contributed by atoms with van der Waals surface area (Å²) in [6.45, 7) is 3.00. The first kappa shape index (κ1) is 18.5. The number of hydrogen-bond donors (Lipinski definition) is 1. The number of halogens is 1. The zero-order chi connectivity index (χ0) is 15.5. The molecule has 0 radical (unpaired) electrons. The minimum atomic E-state index is 0. The van der Waals surface area contributed by atoms with Crippen molar-refractivity contribution in [3.8, 4) is 0 Å². The van der Waals surface area contributed by atoms with Gasteiger partial charge < -0.3 is 15.1 Å². The van der Waals surface area contributed by atoms with Crippen molar-refractivity contribution in [3.05, 3.63) is 35.4 Å². The molecule has 0 amide bonds. The summed E-state index contributed by atoms with van der Waals surface area (Å²) in [6, 6.07) is 9.38. The summed E-state index contributed by atoms with van der Waals surface area (Å²) >= 11 is 0. The number of nitrogens with one attached hydrogen (secondary N) is 1. The van der Waals surface area contributed by atoms with Gasteiger partial charge in [0.2, 0.25) is 0 Å². The molecule has 128 valence electrons. The lowest BCUT2D eigenvalue weighted by atomic mass is 10.0. The molecule has 3 rings (SSSR count). The van der Waals surface area contributed by atoms with E-state index >= 15 is 0 Å². The van der Waals surface area contributed by atoms with Crippen LogP contribution >= 0.6 is 24.0 Å². The van der Waals surface area contributed by atoms with Crippen molar-refractivity contribution in [2.45, 2.75) is 31.8 Å². The van der Waals surface area contributed by atoms with Crippen LogP contribution in [-0.4, -0.2) is 56.0 Å². The molecule has 5 heteroatoms. The molecule has 4 nitrogen and oxygen atoms in total. The number of benzene rings is 1. The Kier molecular flexibility index (Phi) is 6.71. The average Bonchev–Trinajstić information content (AvgIpc) is 3.35. The Morgan fingerprint density at radius 3 is 2.61 bits per heavy atom. The van der Waals surface area contributed by atoms with Crippen molar-refractivity contribution in [1.29, 1.82) is 0 Å². The predicted octanol–water partition coefficient (Wildman–Crippen LogP) is 2.58. The molecule has 1 aromatic rings. The van der Waals surface area contributed by atoms with Crippen LogP contribution in [0.15, 0.2) is 29.3 Å². The van der Waals surface area contributed by atoms with Gasteiger partial charge in [-0.3, -0.25) is 4.99 Å². The van der Waals surface area contributed by atoms with Crippen LogP contribution in [-0.2, 0) is 13.0 Å². The van der Waals surface area contributed by atoms with Gasteiger partial charge in [0.15, 0.2) is 5.96 Å². The number of hydrogen-bond acceptors (Lipinski definition) is 2. The van der Waals surface area contributed by atoms with E-state index in [0.717, 1.165) is 37.9 Å². The number of guanidine groups is 1. The third kappa shape index (κ3) is 4.59. The summed E-state index contributed by atoms with van der Waals surface area (Å²) in [6.07, 6.45) is 3.86. The summed E-state index contributed by atoms with van der Waals surface area (Å²) in [5, 5.41) is 3.61. The fourth-order valence-corrected chi connectivity index (χ4v) is 3.46. The van der Waals surface area contributed by atoms with Crippen LogP contribution in [0.25, 0.3) is 0 Å². The third-order valence-electron chi connectivity index (χ3n) is 4.94. The average molecular weight is 428 g/mol. The molecule has 2 aliphatic rings. The Bertz CT molecular complexity index is 538. The second kappa shape index (κ2) is 8.33. The summed E-state index contributed by atoms with van der Waals surface area (Å²) in [5.74, 6) is 1.91. The summed E-state index contributed by atoms with van der Waals surface area (Å²) in [4.78, 5) is 9.24. The predicted molar refractivity (Wildman–Crippen MR) is 108 cm³/mol. The van der Waals surface area contributed by atoms with Crippen molar-refractivity contribution in [2.24, 2.45) is 10.9 Å². The van der Waals surface area contributed by atoms with E-state index in [1.165, 1.54) is 24.0 Å². The zero-order valence-electron chi connectivity index (χ0n) is 14.5. The molecule has 1 aliphatic heterocycles. The van der Waals surface area contributed by atoms with Gasteiger partial charge in [-0.25, -0.2) is 0 Å². The van der Waals surface area contributed by atoms with Gasteiger partial charge in [-0.1, -0.05) is 24.3 Å². The molecule has 1 N–H and O–H groups in total. The molecular formula is C18H29IN4. The minimum absolute atomic E-state index is 0. The first-order valence-corrected chi connectivity index (χ1v) is 8.38. The van der Waals surface area contributed by atoms with Crippen LogP contribution in [0.2, 0.25) is 0 Å². The molecule has 0 saturated heterocycles. The summed E-state index contributed by atoms with van der Waals surface area (Å²) in [7, 11) is 6.26. The topological polar surface area (TPSA) is 30.9 Å². The zero-order valence-corrected chi connectivity index (χ0v) is 16.8. The normalized spacial score (nSPS) is 19.1. The smallest absolute Gasteiger partial charge is 0.194 e. The van der Waals surface area contributed by atoms with Crippen molar-refractivity contribution < 1.29 is 0 Å². The monoisotopic (exact) mass is 428 g/mol. The standard InChI is InChI=1S/C18H28N4.HI/c1-19-18(20-12-17(21(2)3)15-8-9-15)22-11-10-14-6-4-5-7-16(14)13-22;/h4-7,15,17H,8-13H2,1-3H3,(H,19,20);1H. The third-order valence-corrected chi connectivity index (χ3v) is 4.94. The van der Waals surface area contributed by atoms with E-state index in [0.29, 0.717) is 6.04 Å². The van der Waals surface area contributed by atoms with E-state index in [1.807, 2.05) is 7.05 Å². The van der Waals surface area contributed by atoms with Crippen LogP contribution in [0.5, 0.6) is 0 Å². The van der Waals surface area contributed by atoms with Crippen molar-refractivity contribution >= 4 is 29.9 Å². The summed E-state index contributed by atoms with van der Waals surface area (Å²) < 4.78 is 0. The number of aliphatic imine (C=N–C) groups is 1. The maximum absolute atomic E-state index is 4.51. The maximum Gasteiger partial charge on any atom is 0.194 e. The molecule has 23 heavy (non-hydrogen) atoms. The molecule has 0 spiro atoms. The van der Waals surface area contributed by atoms with Crippen molar-refractivity contribution in [1.82, 2.24) is 15.1 Å². The lowest BCUT2D eigenvalue weighted by Crippen LogP contribution is -2.48. The van der Waals surface area contributed by atoms with Crippen LogP contribution in [0.4, 0.5) is 0 Å². The molecule has 1 aliphatic carbocycles. The van der Waals surface area contributed by atoms with E-state index in [-0.39, 0.29) is 24.0 Å². The highest BCUT2D eigenvalue weighted by Gasteiger charge is 2.32. The van der Waals surface area contributed by atoms with E-state index in [2.05, 4.69) is 58.5 Å². The van der Waals surface area contributed by atoms with Crippen LogP contribution in [0.1, 0.15) is 24.0 Å². The molecule has 1 heterocycles. The molecule has 1 aromatic carbocycles. The minimum Gasteiger partial charge on any atom is -0.355 e. The number of rotatable bonds is 4. The second-order valence-electron chi connectivity index (χ2n) is 6.74. The lowest BCUT2D eigenvalue weighted by molar-refractivity contribution is 0.260. The lowest BCUT2D eigenvalue weighted by Gasteiger charge is -2.33. The van der Waals surface area contributed by atoms with Crippen LogP contribution in [0, 0.1) is 5.92 Å². The van der Waals surface area contributed by atoms with E-state index < -0.39 is 0 Å². The highest BCUT2D eigenvalue weighted by atomic mass is 127. The number of fused-ring (bicyclic) bond motifs is 1. The highest BCUT2D eigenvalue weighted by Crippen LogP contribution is 2.34. The SMILES string of the molecule is CN=C(NCC(C1CC1)N(C)C)N1CCc2ccccc2C1.I. The second-order valence-corrected chi connectivity index (χ2v) is 6.74. The Balaban J connectivity index is 0.00000192. The molecule has 0 aromatic heterocycles. The van der Waals surface area contributed by atoms with Crippen molar-refractivity contribution in [3.63, 3.8) is 0 Å². The van der Waals surface area contributed by atoms with Crippen LogP contribution < -0.4 is 5.32 Å². The molecule has 1 fully saturated rings. The van der Waals surface area contributed by atoms with Gasteiger partial charge in [0, 0.05) is 32.7 Å². The van der Waals surface area contributed by atoms with Gasteiger partial charge in [-0.15, -0.1) is 24.0 Å². The van der Waals surface area contributed by atoms with E-state index in [4.69, 9.17) is 0 Å². The molecule has 1 saturated carbocycles.